The van der Waals surface area contributed by atoms with Crippen LogP contribution in [0.3, 0.4) is 0 Å². The lowest BCUT2D eigenvalue weighted by atomic mass is 10.1. The molecule has 5 nitrogen and oxygen atoms in total. The largest absolute Gasteiger partial charge is 0.333 e. The Labute approximate surface area is 130 Å². The van der Waals surface area contributed by atoms with Crippen molar-refractivity contribution in [1.29, 1.82) is 0 Å². The standard InChI is InChI=1S/C15H16BrN3O2/c1-9-8-17-5-6-19(9)15(21)11-7-13(20)18-14-10(11)3-2-4-12(14)16/h2-4,7,9,17H,5-6,8H2,1H3,(H,18,20)/t9-/m1/s1. The summed E-state index contributed by atoms with van der Waals surface area (Å²) in [5, 5.41) is 4.02. The fourth-order valence-corrected chi connectivity index (χ4v) is 3.18. The van der Waals surface area contributed by atoms with Crippen LogP contribution in [0.4, 0.5) is 0 Å². The number of H-pyrrole nitrogens is 1. The summed E-state index contributed by atoms with van der Waals surface area (Å²) in [6, 6.07) is 7.08. The van der Waals surface area contributed by atoms with Crippen LogP contribution in [0.25, 0.3) is 10.9 Å². The van der Waals surface area contributed by atoms with Crippen LogP contribution in [0.5, 0.6) is 0 Å². The van der Waals surface area contributed by atoms with Crippen molar-refractivity contribution < 1.29 is 4.79 Å². The van der Waals surface area contributed by atoms with Crippen LogP contribution in [0.1, 0.15) is 17.3 Å². The van der Waals surface area contributed by atoms with Gasteiger partial charge in [-0.2, -0.15) is 0 Å². The van der Waals surface area contributed by atoms with Crippen molar-refractivity contribution in [3.05, 3.63) is 44.7 Å². The van der Waals surface area contributed by atoms with E-state index in [2.05, 4.69) is 26.2 Å². The van der Waals surface area contributed by atoms with Gasteiger partial charge in [-0.15, -0.1) is 0 Å². The first-order valence-electron chi connectivity index (χ1n) is 6.91. The van der Waals surface area contributed by atoms with Crippen molar-refractivity contribution in [2.24, 2.45) is 0 Å². The number of piperazine rings is 1. The maximum absolute atomic E-state index is 12.8. The van der Waals surface area contributed by atoms with Gasteiger partial charge in [0.15, 0.2) is 0 Å². The van der Waals surface area contributed by atoms with E-state index in [1.807, 2.05) is 30.0 Å². The Morgan fingerprint density at radius 1 is 1.43 bits per heavy atom. The average molecular weight is 350 g/mol. The zero-order chi connectivity index (χ0) is 15.0. The molecule has 0 bridgehead atoms. The molecule has 1 aromatic carbocycles. The van der Waals surface area contributed by atoms with E-state index in [-0.39, 0.29) is 17.5 Å². The molecule has 0 radical (unpaired) electrons. The quantitative estimate of drug-likeness (QED) is 0.823. The second-order valence-electron chi connectivity index (χ2n) is 5.26. The molecule has 6 heteroatoms. The van der Waals surface area contributed by atoms with Gasteiger partial charge in [-0.05, 0) is 28.9 Å². The molecule has 1 saturated heterocycles. The number of para-hydroxylation sites is 1. The van der Waals surface area contributed by atoms with Crippen molar-refractivity contribution >= 4 is 32.7 Å². The van der Waals surface area contributed by atoms with Crippen LogP contribution >= 0.6 is 15.9 Å². The molecule has 0 spiro atoms. The van der Waals surface area contributed by atoms with Gasteiger partial charge in [-0.25, -0.2) is 0 Å². The van der Waals surface area contributed by atoms with Crippen LogP contribution in [-0.2, 0) is 0 Å². The topological polar surface area (TPSA) is 65.2 Å². The second-order valence-corrected chi connectivity index (χ2v) is 6.12. The monoisotopic (exact) mass is 349 g/mol. The van der Waals surface area contributed by atoms with Crippen LogP contribution in [0.2, 0.25) is 0 Å². The van der Waals surface area contributed by atoms with Crippen molar-refractivity contribution in [2.75, 3.05) is 19.6 Å². The molecule has 1 atom stereocenters. The number of hydrogen-bond acceptors (Lipinski definition) is 3. The number of fused-ring (bicyclic) bond motifs is 1. The molecule has 0 aliphatic carbocycles. The zero-order valence-corrected chi connectivity index (χ0v) is 13.2. The normalized spacial score (nSPS) is 19.0. The minimum Gasteiger partial charge on any atom is -0.333 e. The third kappa shape index (κ3) is 2.61. The molecule has 2 aromatic rings. The summed E-state index contributed by atoms with van der Waals surface area (Å²) in [4.78, 5) is 29.3. The Balaban J connectivity index is 2.13. The molecule has 1 aliphatic heterocycles. The third-order valence-electron chi connectivity index (χ3n) is 3.82. The summed E-state index contributed by atoms with van der Waals surface area (Å²) >= 11 is 3.42. The lowest BCUT2D eigenvalue weighted by molar-refractivity contribution is 0.0657. The van der Waals surface area contributed by atoms with Crippen molar-refractivity contribution in [3.63, 3.8) is 0 Å². The smallest absolute Gasteiger partial charge is 0.255 e. The first-order valence-corrected chi connectivity index (χ1v) is 7.70. The van der Waals surface area contributed by atoms with E-state index in [9.17, 15) is 9.59 Å². The summed E-state index contributed by atoms with van der Waals surface area (Å²) in [6.07, 6.45) is 0. The molecule has 3 rings (SSSR count). The zero-order valence-electron chi connectivity index (χ0n) is 11.6. The second kappa shape index (κ2) is 5.61. The predicted octanol–water partition coefficient (Wildman–Crippen LogP) is 1.72. The lowest BCUT2D eigenvalue weighted by Gasteiger charge is -2.34. The van der Waals surface area contributed by atoms with E-state index in [0.29, 0.717) is 17.6 Å². The molecule has 0 unspecified atom stereocenters. The molecule has 110 valence electrons. The van der Waals surface area contributed by atoms with E-state index in [1.165, 1.54) is 6.07 Å². The number of nitrogens with zero attached hydrogens (tertiary/aromatic N) is 1. The van der Waals surface area contributed by atoms with E-state index in [0.717, 1.165) is 22.9 Å². The summed E-state index contributed by atoms with van der Waals surface area (Å²) in [7, 11) is 0. The number of halogens is 1. The van der Waals surface area contributed by atoms with Gasteiger partial charge >= 0.3 is 0 Å². The fraction of sp³-hybridized carbons (Fsp3) is 0.333. The number of rotatable bonds is 1. The van der Waals surface area contributed by atoms with Crippen molar-refractivity contribution in [2.45, 2.75) is 13.0 Å². The molecule has 2 N–H and O–H groups in total. The Kier molecular flexibility index (Phi) is 3.82. The number of hydrogen-bond donors (Lipinski definition) is 2. The van der Waals surface area contributed by atoms with Gasteiger partial charge in [0.2, 0.25) is 5.56 Å². The van der Waals surface area contributed by atoms with E-state index in [1.54, 1.807) is 0 Å². The molecule has 2 heterocycles. The molecule has 1 amide bonds. The van der Waals surface area contributed by atoms with Crippen LogP contribution in [0.15, 0.2) is 33.5 Å². The number of carbonyl (C=O) groups excluding carboxylic acids is 1. The van der Waals surface area contributed by atoms with Crippen LogP contribution in [-0.4, -0.2) is 41.5 Å². The lowest BCUT2D eigenvalue weighted by Crippen LogP contribution is -2.52. The van der Waals surface area contributed by atoms with Gasteiger partial charge in [0.25, 0.3) is 5.91 Å². The van der Waals surface area contributed by atoms with Gasteiger partial charge in [-0.3, -0.25) is 9.59 Å². The first kappa shape index (κ1) is 14.3. The van der Waals surface area contributed by atoms with E-state index < -0.39 is 0 Å². The summed E-state index contributed by atoms with van der Waals surface area (Å²) < 4.78 is 0.778. The van der Waals surface area contributed by atoms with Crippen molar-refractivity contribution in [3.8, 4) is 0 Å². The predicted molar refractivity (Wildman–Crippen MR) is 85.6 cm³/mol. The maximum atomic E-state index is 12.8. The van der Waals surface area contributed by atoms with Gasteiger partial charge in [0, 0.05) is 41.6 Å². The molecule has 1 fully saturated rings. The Morgan fingerprint density at radius 3 is 3.00 bits per heavy atom. The maximum Gasteiger partial charge on any atom is 0.255 e. The van der Waals surface area contributed by atoms with Crippen molar-refractivity contribution in [1.82, 2.24) is 15.2 Å². The molecular formula is C15H16BrN3O2. The summed E-state index contributed by atoms with van der Waals surface area (Å²) in [5.41, 5.74) is 0.862. The number of benzene rings is 1. The van der Waals surface area contributed by atoms with E-state index in [4.69, 9.17) is 0 Å². The minimum atomic E-state index is -0.263. The Bertz CT molecular complexity index is 756. The molecular weight excluding hydrogens is 334 g/mol. The number of aromatic nitrogens is 1. The highest BCUT2D eigenvalue weighted by Gasteiger charge is 2.25. The van der Waals surface area contributed by atoms with Gasteiger partial charge in [0.1, 0.15) is 0 Å². The number of carbonyl (C=O) groups is 1. The molecule has 1 aliphatic rings. The summed E-state index contributed by atoms with van der Waals surface area (Å²) in [6.45, 7) is 4.22. The van der Waals surface area contributed by atoms with Crippen LogP contribution < -0.4 is 10.9 Å². The highest BCUT2D eigenvalue weighted by Crippen LogP contribution is 2.24. The SMILES string of the molecule is C[C@@H]1CNCCN1C(=O)c1cc(=O)[nH]c2c(Br)cccc12. The average Bonchev–Trinajstić information content (AvgIpc) is 2.47. The first-order chi connectivity index (χ1) is 10.1. The summed E-state index contributed by atoms with van der Waals surface area (Å²) in [5.74, 6) is -0.0850. The molecule has 21 heavy (non-hydrogen) atoms. The molecule has 1 aromatic heterocycles. The molecule has 0 saturated carbocycles. The Hall–Kier alpha value is -1.66. The minimum absolute atomic E-state index is 0.0850. The Morgan fingerprint density at radius 2 is 2.24 bits per heavy atom. The highest BCUT2D eigenvalue weighted by atomic mass is 79.9. The number of amides is 1. The van der Waals surface area contributed by atoms with E-state index >= 15 is 0 Å². The van der Waals surface area contributed by atoms with Gasteiger partial charge in [0.05, 0.1) is 11.1 Å². The number of nitrogens with one attached hydrogen (secondary N) is 2. The third-order valence-corrected chi connectivity index (χ3v) is 4.48. The highest BCUT2D eigenvalue weighted by molar-refractivity contribution is 9.10. The van der Waals surface area contributed by atoms with Crippen LogP contribution in [0, 0.1) is 0 Å². The van der Waals surface area contributed by atoms with Gasteiger partial charge in [-0.1, -0.05) is 12.1 Å². The van der Waals surface area contributed by atoms with Gasteiger partial charge < -0.3 is 15.2 Å². The number of aromatic amines is 1. The number of pyridine rings is 1. The fourth-order valence-electron chi connectivity index (χ4n) is 2.72.